The van der Waals surface area contributed by atoms with Crippen molar-refractivity contribution in [3.05, 3.63) is 12.2 Å². The number of rotatable bonds is 19. The van der Waals surface area contributed by atoms with E-state index in [0.29, 0.717) is 32.7 Å². The number of carbonyl (C=O) groups excluding carboxylic acids is 1. The molecule has 0 radical (unpaired) electrons. The van der Waals surface area contributed by atoms with Gasteiger partial charge in [0, 0.05) is 19.6 Å². The highest BCUT2D eigenvalue weighted by atomic mass is 16.5. The van der Waals surface area contributed by atoms with Crippen molar-refractivity contribution < 1.29 is 29.2 Å². The van der Waals surface area contributed by atoms with Crippen LogP contribution in [0, 0.1) is 11.8 Å². The first-order valence-electron chi connectivity index (χ1n) is 12.8. The Morgan fingerprint density at radius 1 is 0.906 bits per heavy atom. The van der Waals surface area contributed by atoms with Crippen LogP contribution in [0.2, 0.25) is 0 Å². The average Bonchev–Trinajstić information content (AvgIpc) is 3.00. The first-order valence-corrected chi connectivity index (χ1v) is 12.8. The fourth-order valence-corrected chi connectivity index (χ4v) is 4.31. The molecular formula is C26H48O6. The van der Waals surface area contributed by atoms with Gasteiger partial charge in [-0.1, -0.05) is 44.8 Å². The van der Waals surface area contributed by atoms with Gasteiger partial charge in [-0.25, -0.2) is 0 Å². The molecule has 1 aliphatic carbocycles. The van der Waals surface area contributed by atoms with Gasteiger partial charge in [-0.2, -0.15) is 0 Å². The molecule has 1 fully saturated rings. The Kier molecular flexibility index (Phi) is 16.8. The van der Waals surface area contributed by atoms with E-state index in [0.717, 1.165) is 38.7 Å². The minimum absolute atomic E-state index is 0.0510. The monoisotopic (exact) mass is 456 g/mol. The van der Waals surface area contributed by atoms with Crippen LogP contribution >= 0.6 is 0 Å². The highest BCUT2D eigenvalue weighted by Gasteiger charge is 2.40. The topological polar surface area (TPSA) is 85.2 Å². The number of hydrogen-bond acceptors (Lipinski definition) is 6. The molecule has 0 saturated heterocycles. The summed E-state index contributed by atoms with van der Waals surface area (Å²) in [6, 6.07) is 0. The standard InChI is InChI=1S/C26H48O6/c1-4-5-6-9-12-16-30-18-19-31-17-15-23-22(24(27)20-25(23)28)13-10-7-8-11-14-26(29)32-21(2)3/h7,10,21-25,27-28H,4-6,8-9,11-20H2,1-3H3/b10-7-/t22?,23-,24+,25-/m1/s1. The van der Waals surface area contributed by atoms with Crippen LogP contribution < -0.4 is 0 Å². The molecule has 0 amide bonds. The summed E-state index contributed by atoms with van der Waals surface area (Å²) in [6.45, 7) is 8.48. The van der Waals surface area contributed by atoms with Crippen LogP contribution in [0.5, 0.6) is 0 Å². The van der Waals surface area contributed by atoms with Gasteiger partial charge in [0.25, 0.3) is 0 Å². The summed E-state index contributed by atoms with van der Waals surface area (Å²) in [5, 5.41) is 20.7. The molecule has 0 aromatic rings. The van der Waals surface area contributed by atoms with Crippen molar-refractivity contribution in [2.75, 3.05) is 26.4 Å². The van der Waals surface area contributed by atoms with Gasteiger partial charge >= 0.3 is 5.97 Å². The second kappa shape index (κ2) is 18.5. The fraction of sp³-hybridized carbons (Fsp3) is 0.885. The van der Waals surface area contributed by atoms with E-state index in [4.69, 9.17) is 14.2 Å². The summed E-state index contributed by atoms with van der Waals surface area (Å²) < 4.78 is 16.4. The lowest BCUT2D eigenvalue weighted by Crippen LogP contribution is -2.23. The van der Waals surface area contributed by atoms with Crippen LogP contribution in [-0.4, -0.2) is 60.9 Å². The third-order valence-electron chi connectivity index (χ3n) is 6.07. The SMILES string of the molecule is CCCCCCCOCCOCC[C@@H]1C(C/C=C\CCCC(=O)OC(C)C)[C@@H](O)C[C@H]1O. The number of aliphatic hydroxyl groups excluding tert-OH is 2. The molecule has 6 nitrogen and oxygen atoms in total. The lowest BCUT2D eigenvalue weighted by atomic mass is 9.88. The largest absolute Gasteiger partial charge is 0.463 e. The number of unbranched alkanes of at least 4 members (excludes halogenated alkanes) is 5. The number of ether oxygens (including phenoxy) is 3. The van der Waals surface area contributed by atoms with E-state index in [1.54, 1.807) is 0 Å². The third-order valence-corrected chi connectivity index (χ3v) is 6.07. The van der Waals surface area contributed by atoms with E-state index in [2.05, 4.69) is 19.1 Å². The van der Waals surface area contributed by atoms with Gasteiger partial charge in [0.15, 0.2) is 0 Å². The zero-order valence-electron chi connectivity index (χ0n) is 20.7. The van der Waals surface area contributed by atoms with Crippen LogP contribution in [0.4, 0.5) is 0 Å². The second-order valence-electron chi connectivity index (χ2n) is 9.26. The number of esters is 1. The molecule has 0 aliphatic heterocycles. The Bertz CT molecular complexity index is 493. The quantitative estimate of drug-likeness (QED) is 0.165. The predicted molar refractivity (Wildman–Crippen MR) is 127 cm³/mol. The van der Waals surface area contributed by atoms with Crippen molar-refractivity contribution in [3.8, 4) is 0 Å². The zero-order chi connectivity index (χ0) is 23.6. The highest BCUT2D eigenvalue weighted by Crippen LogP contribution is 2.37. The van der Waals surface area contributed by atoms with Crippen molar-refractivity contribution >= 4 is 5.97 Å². The van der Waals surface area contributed by atoms with Crippen molar-refractivity contribution in [1.82, 2.24) is 0 Å². The summed E-state index contributed by atoms with van der Waals surface area (Å²) in [5.41, 5.74) is 0. The lowest BCUT2D eigenvalue weighted by Gasteiger charge is -2.22. The van der Waals surface area contributed by atoms with E-state index in [9.17, 15) is 15.0 Å². The molecule has 4 atom stereocenters. The lowest BCUT2D eigenvalue weighted by molar-refractivity contribution is -0.147. The Balaban J connectivity index is 2.14. The number of allylic oxidation sites excluding steroid dienone is 2. The van der Waals surface area contributed by atoms with E-state index < -0.39 is 12.2 Å². The summed E-state index contributed by atoms with van der Waals surface area (Å²) in [5.74, 6) is -0.0505. The van der Waals surface area contributed by atoms with Gasteiger partial charge < -0.3 is 24.4 Å². The smallest absolute Gasteiger partial charge is 0.306 e. The van der Waals surface area contributed by atoms with Gasteiger partial charge in [-0.3, -0.25) is 4.79 Å². The Labute approximate surface area is 195 Å². The Morgan fingerprint density at radius 3 is 2.31 bits per heavy atom. The summed E-state index contributed by atoms with van der Waals surface area (Å²) >= 11 is 0. The Hall–Kier alpha value is -0.950. The molecule has 2 N–H and O–H groups in total. The van der Waals surface area contributed by atoms with Gasteiger partial charge in [0.1, 0.15) is 0 Å². The van der Waals surface area contributed by atoms with Gasteiger partial charge in [0.05, 0.1) is 31.5 Å². The molecule has 32 heavy (non-hydrogen) atoms. The molecule has 0 aromatic heterocycles. The van der Waals surface area contributed by atoms with E-state index >= 15 is 0 Å². The van der Waals surface area contributed by atoms with Crippen LogP contribution in [0.25, 0.3) is 0 Å². The molecule has 1 saturated carbocycles. The molecule has 1 unspecified atom stereocenters. The molecule has 0 bridgehead atoms. The molecule has 188 valence electrons. The van der Waals surface area contributed by atoms with E-state index in [1.165, 1.54) is 25.7 Å². The first-order chi connectivity index (χ1) is 15.5. The van der Waals surface area contributed by atoms with Crippen molar-refractivity contribution in [1.29, 1.82) is 0 Å². The molecule has 6 heteroatoms. The summed E-state index contributed by atoms with van der Waals surface area (Å²) in [6.07, 6.45) is 13.2. The van der Waals surface area contributed by atoms with Crippen molar-refractivity contribution in [2.45, 2.75) is 110 Å². The molecule has 1 aliphatic rings. The number of hydrogen-bond donors (Lipinski definition) is 2. The van der Waals surface area contributed by atoms with Crippen LogP contribution in [-0.2, 0) is 19.0 Å². The maximum absolute atomic E-state index is 11.5. The predicted octanol–water partition coefficient (Wildman–Crippen LogP) is 4.81. The minimum atomic E-state index is -0.475. The normalized spacial score (nSPS) is 23.4. The van der Waals surface area contributed by atoms with Gasteiger partial charge in [0.2, 0.25) is 0 Å². The Morgan fingerprint density at radius 2 is 1.59 bits per heavy atom. The van der Waals surface area contributed by atoms with Crippen LogP contribution in [0.15, 0.2) is 12.2 Å². The maximum Gasteiger partial charge on any atom is 0.306 e. The van der Waals surface area contributed by atoms with Crippen LogP contribution in [0.3, 0.4) is 0 Å². The summed E-state index contributed by atoms with van der Waals surface area (Å²) in [7, 11) is 0. The van der Waals surface area contributed by atoms with Crippen molar-refractivity contribution in [2.24, 2.45) is 11.8 Å². The molecule has 1 rings (SSSR count). The minimum Gasteiger partial charge on any atom is -0.463 e. The fourth-order valence-electron chi connectivity index (χ4n) is 4.31. The highest BCUT2D eigenvalue weighted by molar-refractivity contribution is 5.69. The summed E-state index contributed by atoms with van der Waals surface area (Å²) in [4.78, 5) is 11.5. The second-order valence-corrected chi connectivity index (χ2v) is 9.26. The molecule has 0 spiro atoms. The molecule has 0 heterocycles. The molecule has 0 aromatic carbocycles. The molecular weight excluding hydrogens is 408 g/mol. The van der Waals surface area contributed by atoms with E-state index in [1.807, 2.05) is 13.8 Å². The third kappa shape index (κ3) is 13.6. The zero-order valence-corrected chi connectivity index (χ0v) is 20.7. The first kappa shape index (κ1) is 29.1. The number of aliphatic hydroxyl groups is 2. The average molecular weight is 457 g/mol. The number of carbonyl (C=O) groups is 1. The van der Waals surface area contributed by atoms with E-state index in [-0.39, 0.29) is 23.9 Å². The maximum atomic E-state index is 11.5. The van der Waals surface area contributed by atoms with Gasteiger partial charge in [-0.05, 0) is 64.2 Å². The van der Waals surface area contributed by atoms with Crippen molar-refractivity contribution in [3.63, 3.8) is 0 Å². The van der Waals surface area contributed by atoms with Crippen LogP contribution in [0.1, 0.15) is 91.4 Å². The van der Waals surface area contributed by atoms with Gasteiger partial charge in [-0.15, -0.1) is 0 Å².